The Morgan fingerprint density at radius 3 is 2.02 bits per heavy atom. The number of ether oxygens (including phenoxy) is 1. The lowest BCUT2D eigenvalue weighted by Gasteiger charge is -2.34. The quantitative estimate of drug-likeness (QED) is 0.184. The van der Waals surface area contributed by atoms with Crippen molar-refractivity contribution in [3.8, 4) is 0 Å². The highest BCUT2D eigenvalue weighted by Gasteiger charge is 2.25. The van der Waals surface area contributed by atoms with E-state index in [1.807, 2.05) is 54.6 Å². The van der Waals surface area contributed by atoms with Crippen molar-refractivity contribution in [3.63, 3.8) is 0 Å². The van der Waals surface area contributed by atoms with E-state index in [2.05, 4.69) is 25.7 Å². The van der Waals surface area contributed by atoms with Crippen LogP contribution in [0.3, 0.4) is 0 Å². The van der Waals surface area contributed by atoms with Gasteiger partial charge in [0, 0.05) is 37.2 Å². The molecule has 0 saturated carbocycles. The molecule has 0 aliphatic carbocycles. The molecule has 0 aromatic heterocycles. The molecule has 1 saturated heterocycles. The highest BCUT2D eigenvalue weighted by Crippen LogP contribution is 2.30. The number of benzene rings is 3. The molecule has 43 heavy (non-hydrogen) atoms. The van der Waals surface area contributed by atoms with Crippen LogP contribution in [0.1, 0.15) is 86.5 Å². The first-order valence-electron chi connectivity index (χ1n) is 16.9. The topological polar surface area (TPSA) is 104 Å². The first-order valence-corrected chi connectivity index (χ1v) is 14.4. The van der Waals surface area contributed by atoms with Gasteiger partial charge in [-0.25, -0.2) is 9.59 Å². The summed E-state index contributed by atoms with van der Waals surface area (Å²) >= 11 is 0. The van der Waals surface area contributed by atoms with Crippen molar-refractivity contribution < 1.29 is 36.2 Å². The molecule has 1 aliphatic rings. The SMILES string of the molecule is O=C(O)/C=C/C(=O)O.[2H]c1c([2H])c([2H])c(C(OC2CCN(CCCC(=O)c3ccc(C(C)(C)C)cc3)CC2)c2ccccc2)c([2H])c1[2H]. The third-order valence-electron chi connectivity index (χ3n) is 7.07. The summed E-state index contributed by atoms with van der Waals surface area (Å²) in [5.41, 5.74) is 2.98. The molecule has 0 bridgehead atoms. The molecule has 2 N–H and O–H groups in total. The number of carboxylic acids is 2. The Morgan fingerprint density at radius 2 is 1.49 bits per heavy atom. The fourth-order valence-electron chi connectivity index (χ4n) is 4.70. The number of likely N-dealkylation sites (tertiary alicyclic amines) is 1. The molecule has 1 unspecified atom stereocenters. The van der Waals surface area contributed by atoms with E-state index in [9.17, 15) is 14.4 Å². The number of hydrogen-bond acceptors (Lipinski definition) is 5. The largest absolute Gasteiger partial charge is 0.478 e. The summed E-state index contributed by atoms with van der Waals surface area (Å²) in [6.07, 6.45) is 3.09. The lowest BCUT2D eigenvalue weighted by atomic mass is 9.86. The zero-order valence-electron chi connectivity index (χ0n) is 29.9. The molecule has 4 rings (SSSR count). The molecular weight excluding hydrogens is 542 g/mol. The van der Waals surface area contributed by atoms with Gasteiger partial charge < -0.3 is 19.8 Å². The van der Waals surface area contributed by atoms with Crippen LogP contribution in [-0.4, -0.2) is 58.6 Å². The van der Waals surface area contributed by atoms with Crippen LogP contribution < -0.4 is 0 Å². The predicted molar refractivity (Wildman–Crippen MR) is 168 cm³/mol. The number of piperidine rings is 1. The zero-order valence-corrected chi connectivity index (χ0v) is 24.9. The summed E-state index contributed by atoms with van der Waals surface area (Å²) in [5, 5.41) is 15.6. The Hall–Kier alpha value is -4.07. The second-order valence-electron chi connectivity index (χ2n) is 11.4. The maximum Gasteiger partial charge on any atom is 0.328 e. The molecule has 1 aliphatic heterocycles. The Labute approximate surface area is 261 Å². The van der Waals surface area contributed by atoms with E-state index >= 15 is 0 Å². The van der Waals surface area contributed by atoms with Crippen LogP contribution in [0.25, 0.3) is 0 Å². The second kappa shape index (κ2) is 16.5. The van der Waals surface area contributed by atoms with Crippen LogP contribution in [0, 0.1) is 0 Å². The third-order valence-corrected chi connectivity index (χ3v) is 7.07. The molecule has 3 aromatic rings. The van der Waals surface area contributed by atoms with Crippen molar-refractivity contribution >= 4 is 17.7 Å². The van der Waals surface area contributed by atoms with Crippen molar-refractivity contribution in [2.75, 3.05) is 19.6 Å². The highest BCUT2D eigenvalue weighted by atomic mass is 16.5. The monoisotopic (exact) mass is 590 g/mol. The number of carboxylic acid groups (broad SMARTS) is 2. The molecule has 0 amide bonds. The number of nitrogens with zero attached hydrogens (tertiary/aromatic N) is 1. The molecule has 1 fully saturated rings. The number of Topliss-reactive ketones (excluding diaryl/α,β-unsaturated/α-hetero) is 1. The van der Waals surface area contributed by atoms with E-state index in [1.54, 1.807) is 0 Å². The summed E-state index contributed by atoms with van der Waals surface area (Å²) in [6.45, 7) is 8.97. The third kappa shape index (κ3) is 11.6. The van der Waals surface area contributed by atoms with Crippen molar-refractivity contribution in [1.29, 1.82) is 0 Å². The van der Waals surface area contributed by atoms with Crippen LogP contribution in [0.4, 0.5) is 0 Å². The smallest absolute Gasteiger partial charge is 0.328 e. The van der Waals surface area contributed by atoms with Gasteiger partial charge in [0.15, 0.2) is 5.78 Å². The minimum Gasteiger partial charge on any atom is -0.478 e. The summed E-state index contributed by atoms with van der Waals surface area (Å²) in [5.74, 6) is -2.34. The Kier molecular flexibility index (Phi) is 10.2. The number of aliphatic carboxylic acids is 2. The Bertz CT molecular complexity index is 1550. The first kappa shape index (κ1) is 26.5. The van der Waals surface area contributed by atoms with Gasteiger partial charge in [-0.1, -0.05) is 106 Å². The van der Waals surface area contributed by atoms with Crippen LogP contribution in [0.15, 0.2) is 97.0 Å². The van der Waals surface area contributed by atoms with Gasteiger partial charge in [-0.3, -0.25) is 4.79 Å². The number of rotatable bonds is 11. The van der Waals surface area contributed by atoms with Crippen molar-refractivity contribution in [2.45, 2.75) is 64.1 Å². The molecule has 0 radical (unpaired) electrons. The second-order valence-corrected chi connectivity index (χ2v) is 11.4. The lowest BCUT2D eigenvalue weighted by Crippen LogP contribution is -2.38. The van der Waals surface area contributed by atoms with Crippen molar-refractivity contribution in [3.05, 3.63) is 119 Å². The van der Waals surface area contributed by atoms with Gasteiger partial charge in [-0.15, -0.1) is 0 Å². The molecule has 7 nitrogen and oxygen atoms in total. The van der Waals surface area contributed by atoms with Crippen LogP contribution >= 0.6 is 0 Å². The van der Waals surface area contributed by atoms with E-state index < -0.39 is 24.1 Å². The van der Waals surface area contributed by atoms with Crippen LogP contribution in [-0.2, 0) is 19.7 Å². The summed E-state index contributed by atoms with van der Waals surface area (Å²) in [7, 11) is 0. The highest BCUT2D eigenvalue weighted by molar-refractivity contribution is 5.96. The van der Waals surface area contributed by atoms with E-state index in [0.717, 1.165) is 50.0 Å². The average Bonchev–Trinajstić information content (AvgIpc) is 3.06. The van der Waals surface area contributed by atoms with E-state index in [-0.39, 0.29) is 47.0 Å². The van der Waals surface area contributed by atoms with E-state index in [0.29, 0.717) is 18.6 Å². The van der Waals surface area contributed by atoms with Crippen molar-refractivity contribution in [2.24, 2.45) is 0 Å². The zero-order chi connectivity index (χ0) is 35.6. The van der Waals surface area contributed by atoms with Gasteiger partial charge in [-0.2, -0.15) is 0 Å². The Morgan fingerprint density at radius 1 is 0.907 bits per heavy atom. The van der Waals surface area contributed by atoms with Gasteiger partial charge in [0.25, 0.3) is 0 Å². The van der Waals surface area contributed by atoms with Gasteiger partial charge in [-0.05, 0) is 47.9 Å². The summed E-state index contributed by atoms with van der Waals surface area (Å²) in [4.78, 5) is 34.2. The summed E-state index contributed by atoms with van der Waals surface area (Å²) < 4.78 is 47.7. The van der Waals surface area contributed by atoms with Crippen LogP contribution in [0.2, 0.25) is 0 Å². The normalized spacial score (nSPS) is 16.6. The van der Waals surface area contributed by atoms with Gasteiger partial charge in [0.05, 0.1) is 13.0 Å². The number of hydrogen-bond donors (Lipinski definition) is 2. The molecule has 1 heterocycles. The number of ketones is 1. The van der Waals surface area contributed by atoms with E-state index in [1.165, 1.54) is 5.56 Å². The number of carbonyl (C=O) groups is 3. The minimum absolute atomic E-state index is 0.0627. The van der Waals surface area contributed by atoms with Gasteiger partial charge >= 0.3 is 11.9 Å². The van der Waals surface area contributed by atoms with E-state index in [4.69, 9.17) is 21.8 Å². The maximum atomic E-state index is 12.7. The maximum absolute atomic E-state index is 12.7. The molecule has 3 aromatic carbocycles. The summed E-state index contributed by atoms with van der Waals surface area (Å²) in [6, 6.07) is 15.8. The van der Waals surface area contributed by atoms with Crippen molar-refractivity contribution in [1.82, 2.24) is 4.90 Å². The average molecular weight is 591 g/mol. The Balaban J connectivity index is 0.000000694. The molecule has 1 atom stereocenters. The first-order chi connectivity index (χ1) is 22.6. The predicted octanol–water partition coefficient (Wildman–Crippen LogP) is 6.93. The standard InChI is InChI=1S/C32H39NO2.C4H4O4/c1-32(2,3)28-18-16-25(17-19-28)30(34)15-10-22-33-23-20-29(21-24-33)35-31(26-11-6-4-7-12-26)27-13-8-5-9-14-27;5-3(6)1-2-4(7)8/h4-9,11-14,16-19,29,31H,10,15,20-24H2,1-3H3;1-2H,(H,5,6)(H,7,8)/b;2-1+/i4D,6D,7D,11D,12D;. The van der Waals surface area contributed by atoms with Gasteiger partial charge in [0.1, 0.15) is 6.10 Å². The molecular formula is C36H43NO6. The fraction of sp³-hybridized carbons (Fsp3) is 0.361. The molecule has 7 heteroatoms. The van der Waals surface area contributed by atoms with Crippen LogP contribution in [0.5, 0.6) is 0 Å². The lowest BCUT2D eigenvalue weighted by molar-refractivity contribution is -0.134. The molecule has 0 spiro atoms. The fourth-order valence-corrected chi connectivity index (χ4v) is 4.70. The molecule has 228 valence electrons. The number of carbonyl (C=O) groups excluding carboxylic acids is 1. The van der Waals surface area contributed by atoms with Gasteiger partial charge in [0.2, 0.25) is 0 Å². The minimum atomic E-state index is -1.26.